The first-order chi connectivity index (χ1) is 9.67. The van der Waals surface area contributed by atoms with Crippen molar-refractivity contribution >= 4 is 11.6 Å². The van der Waals surface area contributed by atoms with Gasteiger partial charge in [0, 0.05) is 23.8 Å². The van der Waals surface area contributed by atoms with Crippen LogP contribution in [0.3, 0.4) is 0 Å². The van der Waals surface area contributed by atoms with Gasteiger partial charge in [-0.05, 0) is 37.6 Å². The van der Waals surface area contributed by atoms with E-state index in [1.807, 2.05) is 24.3 Å². The van der Waals surface area contributed by atoms with Crippen molar-refractivity contribution in [2.24, 2.45) is 0 Å². The molecule has 0 aliphatic rings. The first-order valence-electron chi connectivity index (χ1n) is 7.43. The van der Waals surface area contributed by atoms with Crippen LogP contribution in [0.25, 0.3) is 0 Å². The van der Waals surface area contributed by atoms with Crippen molar-refractivity contribution in [1.82, 2.24) is 5.32 Å². The number of hydrogen-bond donors (Lipinski definition) is 2. The van der Waals surface area contributed by atoms with E-state index in [4.69, 9.17) is 0 Å². The molecule has 3 heteroatoms. The average Bonchev–Trinajstić information content (AvgIpc) is 2.46. The van der Waals surface area contributed by atoms with Crippen molar-refractivity contribution in [2.45, 2.75) is 45.6 Å². The van der Waals surface area contributed by atoms with Crippen molar-refractivity contribution in [3.8, 4) is 0 Å². The Hall–Kier alpha value is -1.77. The Morgan fingerprint density at radius 3 is 2.60 bits per heavy atom. The monoisotopic (exact) mass is 274 g/mol. The minimum Gasteiger partial charge on any atom is -0.383 e. The van der Waals surface area contributed by atoms with Crippen molar-refractivity contribution in [1.29, 1.82) is 0 Å². The number of anilines is 1. The SMILES string of the molecule is C=CCNC(=O)c1ccc(NC(C)CCCCC)cc1. The van der Waals surface area contributed by atoms with Gasteiger partial charge >= 0.3 is 0 Å². The molecular formula is C17H26N2O. The molecule has 1 aromatic carbocycles. The number of carbonyl (C=O) groups excluding carboxylic acids is 1. The molecule has 1 atom stereocenters. The number of rotatable bonds is 9. The average molecular weight is 274 g/mol. The van der Waals surface area contributed by atoms with Gasteiger partial charge in [-0.3, -0.25) is 4.79 Å². The number of carbonyl (C=O) groups is 1. The number of nitrogens with one attached hydrogen (secondary N) is 2. The van der Waals surface area contributed by atoms with E-state index >= 15 is 0 Å². The molecule has 0 heterocycles. The molecule has 0 fully saturated rings. The lowest BCUT2D eigenvalue weighted by molar-refractivity contribution is 0.0958. The molecule has 0 saturated carbocycles. The summed E-state index contributed by atoms with van der Waals surface area (Å²) >= 11 is 0. The number of unbranched alkanes of at least 4 members (excludes halogenated alkanes) is 2. The highest BCUT2D eigenvalue weighted by Gasteiger charge is 2.05. The van der Waals surface area contributed by atoms with E-state index in [0.717, 1.165) is 5.69 Å². The largest absolute Gasteiger partial charge is 0.383 e. The van der Waals surface area contributed by atoms with E-state index in [-0.39, 0.29) is 5.91 Å². The Kier molecular flexibility index (Phi) is 7.48. The van der Waals surface area contributed by atoms with Gasteiger partial charge in [-0.1, -0.05) is 32.3 Å². The first-order valence-corrected chi connectivity index (χ1v) is 7.43. The summed E-state index contributed by atoms with van der Waals surface area (Å²) in [4.78, 5) is 11.7. The summed E-state index contributed by atoms with van der Waals surface area (Å²) in [6.45, 7) is 8.48. The Morgan fingerprint density at radius 1 is 1.30 bits per heavy atom. The van der Waals surface area contributed by atoms with Crippen LogP contribution < -0.4 is 10.6 Å². The fourth-order valence-corrected chi connectivity index (χ4v) is 2.04. The van der Waals surface area contributed by atoms with E-state index < -0.39 is 0 Å². The highest BCUT2D eigenvalue weighted by molar-refractivity contribution is 5.94. The highest BCUT2D eigenvalue weighted by atomic mass is 16.1. The van der Waals surface area contributed by atoms with Crippen LogP contribution in [0.5, 0.6) is 0 Å². The van der Waals surface area contributed by atoms with Crippen LogP contribution in [-0.4, -0.2) is 18.5 Å². The van der Waals surface area contributed by atoms with Gasteiger partial charge in [-0.2, -0.15) is 0 Å². The van der Waals surface area contributed by atoms with Crippen LogP contribution in [0.4, 0.5) is 5.69 Å². The van der Waals surface area contributed by atoms with E-state index in [9.17, 15) is 4.79 Å². The molecule has 1 unspecified atom stereocenters. The van der Waals surface area contributed by atoms with Gasteiger partial charge in [0.05, 0.1) is 0 Å². The Balaban J connectivity index is 2.45. The summed E-state index contributed by atoms with van der Waals surface area (Å²) in [6, 6.07) is 8.07. The molecule has 0 spiro atoms. The van der Waals surface area contributed by atoms with Crippen molar-refractivity contribution in [3.05, 3.63) is 42.5 Å². The summed E-state index contributed by atoms with van der Waals surface area (Å²) in [5.41, 5.74) is 1.74. The van der Waals surface area contributed by atoms with Crippen LogP contribution in [0.1, 0.15) is 49.9 Å². The lowest BCUT2D eigenvalue weighted by Gasteiger charge is -2.15. The van der Waals surface area contributed by atoms with Gasteiger partial charge in [0.25, 0.3) is 5.91 Å². The third kappa shape index (κ3) is 5.91. The number of hydrogen-bond acceptors (Lipinski definition) is 2. The lowest BCUT2D eigenvalue weighted by Crippen LogP contribution is -2.23. The highest BCUT2D eigenvalue weighted by Crippen LogP contribution is 2.13. The normalized spacial score (nSPS) is 11.7. The van der Waals surface area contributed by atoms with Gasteiger partial charge in [-0.15, -0.1) is 6.58 Å². The number of benzene rings is 1. The van der Waals surface area contributed by atoms with E-state index in [1.165, 1.54) is 25.7 Å². The van der Waals surface area contributed by atoms with E-state index in [1.54, 1.807) is 6.08 Å². The zero-order valence-corrected chi connectivity index (χ0v) is 12.6. The van der Waals surface area contributed by atoms with Gasteiger partial charge in [0.15, 0.2) is 0 Å². The standard InChI is InChI=1S/C17H26N2O/c1-4-6-7-8-14(3)19-16-11-9-15(10-12-16)17(20)18-13-5-2/h5,9-12,14,19H,2,4,6-8,13H2,1,3H3,(H,18,20). The van der Waals surface area contributed by atoms with Gasteiger partial charge in [0.1, 0.15) is 0 Å². The quantitative estimate of drug-likeness (QED) is 0.528. The molecule has 0 bridgehead atoms. The summed E-state index contributed by atoms with van der Waals surface area (Å²) in [5.74, 6) is -0.0626. The summed E-state index contributed by atoms with van der Waals surface area (Å²) < 4.78 is 0. The lowest BCUT2D eigenvalue weighted by atomic mass is 10.1. The molecule has 1 rings (SSSR count). The Morgan fingerprint density at radius 2 is 2.00 bits per heavy atom. The smallest absolute Gasteiger partial charge is 0.251 e. The van der Waals surface area contributed by atoms with Crippen LogP contribution in [-0.2, 0) is 0 Å². The Bertz CT molecular complexity index is 412. The third-order valence-corrected chi connectivity index (χ3v) is 3.21. The van der Waals surface area contributed by atoms with Crippen LogP contribution in [0, 0.1) is 0 Å². The zero-order valence-electron chi connectivity index (χ0n) is 12.6. The molecule has 1 aromatic rings. The molecule has 0 aliphatic heterocycles. The predicted octanol–water partition coefficient (Wildman–Crippen LogP) is 3.98. The minimum absolute atomic E-state index is 0.0626. The molecule has 0 radical (unpaired) electrons. The fourth-order valence-electron chi connectivity index (χ4n) is 2.04. The predicted molar refractivity (Wildman–Crippen MR) is 86.2 cm³/mol. The summed E-state index contributed by atoms with van der Waals surface area (Å²) in [7, 11) is 0. The molecule has 3 nitrogen and oxygen atoms in total. The van der Waals surface area contributed by atoms with Crippen molar-refractivity contribution in [2.75, 3.05) is 11.9 Å². The van der Waals surface area contributed by atoms with Crippen LogP contribution >= 0.6 is 0 Å². The summed E-state index contributed by atoms with van der Waals surface area (Å²) in [5, 5.41) is 6.23. The second-order valence-corrected chi connectivity index (χ2v) is 5.12. The maximum absolute atomic E-state index is 11.7. The first kappa shape index (κ1) is 16.3. The van der Waals surface area contributed by atoms with Crippen molar-refractivity contribution < 1.29 is 4.79 Å². The summed E-state index contributed by atoms with van der Waals surface area (Å²) in [6.07, 6.45) is 6.64. The maximum Gasteiger partial charge on any atom is 0.251 e. The van der Waals surface area contributed by atoms with Crippen molar-refractivity contribution in [3.63, 3.8) is 0 Å². The zero-order chi connectivity index (χ0) is 14.8. The van der Waals surface area contributed by atoms with E-state index in [0.29, 0.717) is 18.2 Å². The third-order valence-electron chi connectivity index (χ3n) is 3.21. The number of amides is 1. The minimum atomic E-state index is -0.0626. The van der Waals surface area contributed by atoms with Gasteiger partial charge < -0.3 is 10.6 Å². The molecule has 1 amide bonds. The topological polar surface area (TPSA) is 41.1 Å². The fraction of sp³-hybridized carbons (Fsp3) is 0.471. The van der Waals surface area contributed by atoms with Gasteiger partial charge in [0.2, 0.25) is 0 Å². The second kappa shape index (κ2) is 9.18. The van der Waals surface area contributed by atoms with Crippen LogP contribution in [0.2, 0.25) is 0 Å². The van der Waals surface area contributed by atoms with E-state index in [2.05, 4.69) is 31.1 Å². The Labute approximate surface area is 122 Å². The van der Waals surface area contributed by atoms with Crippen LogP contribution in [0.15, 0.2) is 36.9 Å². The van der Waals surface area contributed by atoms with Gasteiger partial charge in [-0.25, -0.2) is 0 Å². The molecular weight excluding hydrogens is 248 g/mol. The molecule has 0 aromatic heterocycles. The molecule has 20 heavy (non-hydrogen) atoms. The molecule has 110 valence electrons. The molecule has 0 saturated heterocycles. The maximum atomic E-state index is 11.7. The molecule has 0 aliphatic carbocycles. The molecule has 2 N–H and O–H groups in total. The second-order valence-electron chi connectivity index (χ2n) is 5.12.